The number of hydrogen-bond donors (Lipinski definition) is 0. The zero-order valence-corrected chi connectivity index (χ0v) is 25.7. The smallest absolute Gasteiger partial charge is 0.136 e. The normalized spacial score (nSPS) is 15.4. The molecule has 10 rings (SSSR count). The summed E-state index contributed by atoms with van der Waals surface area (Å²) in [5.74, 6) is 0. The summed E-state index contributed by atoms with van der Waals surface area (Å²) in [5.41, 5.74) is 4.86. The van der Waals surface area contributed by atoms with Crippen LogP contribution >= 0.6 is 0 Å². The predicted molar refractivity (Wildman–Crippen MR) is 208 cm³/mol. The second-order valence-corrected chi connectivity index (χ2v) is 11.8. The van der Waals surface area contributed by atoms with Crippen LogP contribution in [0.25, 0.3) is 98.8 Å². The van der Waals surface area contributed by atoms with Crippen molar-refractivity contribution in [2.75, 3.05) is 0 Å². The van der Waals surface area contributed by atoms with E-state index in [1.807, 2.05) is 72.8 Å². The van der Waals surface area contributed by atoms with Gasteiger partial charge < -0.3 is 4.42 Å². The molecule has 9 aromatic carbocycles. The van der Waals surface area contributed by atoms with E-state index < -0.39 is 84.1 Å². The molecule has 0 aliphatic heterocycles. The Hall–Kier alpha value is -6.44. The maximum absolute atomic E-state index is 9.37. The molecule has 1 aromatic heterocycles. The maximum atomic E-state index is 9.37. The van der Waals surface area contributed by atoms with Gasteiger partial charge in [0.2, 0.25) is 0 Å². The minimum Gasteiger partial charge on any atom is -0.456 e. The fourth-order valence-corrected chi connectivity index (χ4v) is 7.04. The average Bonchev–Trinajstić information content (AvgIpc) is 3.66. The number of fused-ring (bicyclic) bond motifs is 6. The Morgan fingerprint density at radius 1 is 0.327 bits per heavy atom. The van der Waals surface area contributed by atoms with Crippen molar-refractivity contribution in [3.63, 3.8) is 0 Å². The summed E-state index contributed by atoms with van der Waals surface area (Å²) in [7, 11) is 0. The molecule has 0 saturated heterocycles. The van der Waals surface area contributed by atoms with E-state index in [1.54, 1.807) is 12.1 Å². The molecular formula is C48H30O. The minimum absolute atomic E-state index is 0.0785. The summed E-state index contributed by atoms with van der Waals surface area (Å²) in [6.07, 6.45) is 0. The van der Waals surface area contributed by atoms with Crippen LogP contribution in [0.1, 0.15) is 17.8 Å². The van der Waals surface area contributed by atoms with E-state index >= 15 is 0 Å². The molecule has 49 heavy (non-hydrogen) atoms. The fourth-order valence-electron chi connectivity index (χ4n) is 7.04. The van der Waals surface area contributed by atoms with Crippen molar-refractivity contribution < 1.29 is 22.2 Å². The maximum Gasteiger partial charge on any atom is 0.136 e. The molecule has 1 nitrogen and oxygen atoms in total. The molecule has 10 aromatic rings. The third kappa shape index (κ3) is 4.40. The Morgan fingerprint density at radius 2 is 0.918 bits per heavy atom. The van der Waals surface area contributed by atoms with Gasteiger partial charge in [0.05, 0.1) is 17.8 Å². The Morgan fingerprint density at radius 3 is 1.63 bits per heavy atom. The van der Waals surface area contributed by atoms with Crippen LogP contribution in [0.3, 0.4) is 0 Å². The molecule has 0 aliphatic rings. The van der Waals surface area contributed by atoms with Gasteiger partial charge in [-0.25, -0.2) is 0 Å². The Labute approximate surface area is 302 Å². The van der Waals surface area contributed by atoms with Gasteiger partial charge >= 0.3 is 0 Å². The fraction of sp³-hybridized carbons (Fsp3) is 0. The van der Waals surface area contributed by atoms with Crippen LogP contribution in [0.2, 0.25) is 0 Å². The highest BCUT2D eigenvalue weighted by Crippen LogP contribution is 2.46. The molecule has 0 unspecified atom stereocenters. The van der Waals surface area contributed by atoms with E-state index in [-0.39, 0.29) is 32.7 Å². The van der Waals surface area contributed by atoms with E-state index in [0.29, 0.717) is 16.5 Å². The van der Waals surface area contributed by atoms with Gasteiger partial charge in [-0.15, -0.1) is 0 Å². The third-order valence-electron chi connectivity index (χ3n) is 9.21. The molecule has 1 heteroatoms. The first-order valence-electron chi connectivity index (χ1n) is 22.3. The summed E-state index contributed by atoms with van der Waals surface area (Å²) in [4.78, 5) is 0. The van der Waals surface area contributed by atoms with Crippen LogP contribution in [-0.4, -0.2) is 0 Å². The lowest BCUT2D eigenvalue weighted by molar-refractivity contribution is 0.669. The number of hydrogen-bond acceptors (Lipinski definition) is 1. The van der Waals surface area contributed by atoms with Crippen LogP contribution in [0.5, 0.6) is 0 Å². The molecule has 0 atom stereocenters. The van der Waals surface area contributed by atoms with E-state index in [9.17, 15) is 5.48 Å². The topological polar surface area (TPSA) is 13.1 Å². The van der Waals surface area contributed by atoms with E-state index in [4.69, 9.17) is 16.8 Å². The van der Waals surface area contributed by atoms with Gasteiger partial charge in [0.1, 0.15) is 11.2 Å². The second kappa shape index (κ2) is 11.1. The molecule has 0 saturated carbocycles. The third-order valence-corrected chi connectivity index (χ3v) is 9.21. The van der Waals surface area contributed by atoms with Gasteiger partial charge in [0, 0.05) is 10.8 Å². The van der Waals surface area contributed by atoms with E-state index in [1.165, 1.54) is 0 Å². The van der Waals surface area contributed by atoms with Crippen molar-refractivity contribution in [1.82, 2.24) is 0 Å². The lowest BCUT2D eigenvalue weighted by atomic mass is 9.84. The number of rotatable bonds is 4. The number of benzene rings is 9. The Kier molecular flexibility index (Phi) is 3.99. The summed E-state index contributed by atoms with van der Waals surface area (Å²) in [6, 6.07) is 24.8. The van der Waals surface area contributed by atoms with E-state index in [0.717, 1.165) is 44.0 Å². The van der Waals surface area contributed by atoms with Crippen LogP contribution in [0.15, 0.2) is 186 Å². The van der Waals surface area contributed by atoms with E-state index in [2.05, 4.69) is 18.2 Å². The highest BCUT2D eigenvalue weighted by atomic mass is 16.3. The highest BCUT2D eigenvalue weighted by Gasteiger charge is 2.19. The molecule has 0 N–H and O–H groups in total. The summed E-state index contributed by atoms with van der Waals surface area (Å²) in [6.45, 7) is 0. The van der Waals surface area contributed by atoms with Crippen LogP contribution in [-0.2, 0) is 0 Å². The molecule has 228 valence electrons. The monoisotopic (exact) mass is 635 g/mol. The zero-order valence-electron chi connectivity index (χ0n) is 38.7. The highest BCUT2D eigenvalue weighted by molar-refractivity contribution is 6.24. The molecule has 0 radical (unpaired) electrons. The van der Waals surface area contributed by atoms with Crippen molar-refractivity contribution in [2.24, 2.45) is 0 Å². The lowest BCUT2D eigenvalue weighted by Crippen LogP contribution is -1.92. The van der Waals surface area contributed by atoms with Crippen molar-refractivity contribution in [1.29, 1.82) is 0 Å². The van der Waals surface area contributed by atoms with Gasteiger partial charge in [0.15, 0.2) is 0 Å². The van der Waals surface area contributed by atoms with Gasteiger partial charge in [-0.3, -0.25) is 0 Å². The molecule has 0 bridgehead atoms. The van der Waals surface area contributed by atoms with Crippen LogP contribution < -0.4 is 0 Å². The minimum atomic E-state index is -0.715. The first-order valence-corrected chi connectivity index (χ1v) is 15.8. The molecule has 0 spiro atoms. The first-order chi connectivity index (χ1) is 29.7. The zero-order chi connectivity index (χ0) is 43.6. The van der Waals surface area contributed by atoms with Crippen molar-refractivity contribution >= 4 is 54.3 Å². The molecule has 0 amide bonds. The van der Waals surface area contributed by atoms with Crippen molar-refractivity contribution in [3.05, 3.63) is 182 Å². The molecule has 0 aliphatic carbocycles. The van der Waals surface area contributed by atoms with Gasteiger partial charge in [0.25, 0.3) is 0 Å². The average molecular weight is 636 g/mol. The second-order valence-electron chi connectivity index (χ2n) is 11.8. The standard InChI is InChI=1S/C48H30O/c1-3-13-31(14-4-1)33-24-28-45-44(29-33)38-25-23-34(30-46(38)49-45)35-26-27-43(37-18-8-7-17-36(35)37)48-41-21-11-9-19-39(41)47(32-15-5-2-6-16-32)40-20-10-12-22-42(40)48/h1-30H/i2D,5D,6D,9D,10D,11D,12D,15D,16D,19D,20D,21D,22D. The number of furan rings is 1. The summed E-state index contributed by atoms with van der Waals surface area (Å²) < 4.78 is 122. The largest absolute Gasteiger partial charge is 0.456 e. The molecule has 0 fully saturated rings. The van der Waals surface area contributed by atoms with Crippen molar-refractivity contribution in [3.8, 4) is 44.5 Å². The predicted octanol–water partition coefficient (Wildman–Crippen LogP) is 13.7. The quantitative estimate of drug-likeness (QED) is 0.175. The lowest BCUT2D eigenvalue weighted by Gasteiger charge is -2.19. The van der Waals surface area contributed by atoms with Crippen LogP contribution in [0, 0.1) is 0 Å². The summed E-state index contributed by atoms with van der Waals surface area (Å²) in [5, 5.41) is 2.46. The Balaban J connectivity index is 1.31. The van der Waals surface area contributed by atoms with Crippen molar-refractivity contribution in [2.45, 2.75) is 0 Å². The molecular weight excluding hydrogens is 593 g/mol. The van der Waals surface area contributed by atoms with Gasteiger partial charge in [-0.05, 0) is 101 Å². The van der Waals surface area contributed by atoms with Gasteiger partial charge in [-0.1, -0.05) is 157 Å². The van der Waals surface area contributed by atoms with Gasteiger partial charge in [-0.2, -0.15) is 0 Å². The molecule has 1 heterocycles. The Bertz CT molecular complexity index is 3510. The SMILES string of the molecule is [2H]c1c([2H])c([2H])c(-c2c3c([2H])c([2H])c([2H])c([2H])c3c(-c3ccc(-c4ccc5c(c4)oc4ccc(-c6ccccc6)cc45)c4ccccc34)c3c([2H])c([2H])c([2H])c([2H])c23)c([2H])c1[2H]. The van der Waals surface area contributed by atoms with Crippen LogP contribution in [0.4, 0.5) is 0 Å². The summed E-state index contributed by atoms with van der Waals surface area (Å²) >= 11 is 0. The first kappa shape index (κ1) is 17.6.